The third kappa shape index (κ3) is 5.12. The minimum absolute atomic E-state index is 0.0102. The van der Waals surface area contributed by atoms with Crippen LogP contribution in [0.2, 0.25) is 0 Å². The highest BCUT2D eigenvalue weighted by molar-refractivity contribution is 7.91. The SMILES string of the molecule is COc1ccc(CCNc2oc(-c3ccccc3F)nc2S(=O)(=O)c2ccc(F)cc2)cc1OC. The predicted octanol–water partition coefficient (Wildman–Crippen LogP) is 5.12. The van der Waals surface area contributed by atoms with E-state index in [2.05, 4.69) is 10.3 Å². The normalized spacial score (nSPS) is 11.3. The Bertz CT molecular complexity index is 1440. The van der Waals surface area contributed by atoms with Crippen molar-refractivity contribution in [2.24, 2.45) is 0 Å². The molecule has 1 aromatic heterocycles. The molecule has 182 valence electrons. The fourth-order valence-electron chi connectivity index (χ4n) is 3.43. The van der Waals surface area contributed by atoms with E-state index in [1.165, 1.54) is 25.3 Å². The number of oxazole rings is 1. The van der Waals surface area contributed by atoms with Crippen molar-refractivity contribution < 1.29 is 31.1 Å². The first-order chi connectivity index (χ1) is 16.8. The predicted molar refractivity (Wildman–Crippen MR) is 125 cm³/mol. The molecule has 4 aromatic rings. The van der Waals surface area contributed by atoms with Gasteiger partial charge in [-0.1, -0.05) is 18.2 Å². The molecule has 0 atom stereocenters. The van der Waals surface area contributed by atoms with Crippen molar-refractivity contribution in [1.29, 1.82) is 0 Å². The van der Waals surface area contributed by atoms with E-state index in [0.29, 0.717) is 17.9 Å². The topological polar surface area (TPSA) is 90.7 Å². The van der Waals surface area contributed by atoms with E-state index >= 15 is 0 Å². The Balaban J connectivity index is 1.66. The highest BCUT2D eigenvalue weighted by Crippen LogP contribution is 2.33. The van der Waals surface area contributed by atoms with Crippen LogP contribution < -0.4 is 14.8 Å². The lowest BCUT2D eigenvalue weighted by Gasteiger charge is -2.10. The number of rotatable bonds is 9. The summed E-state index contributed by atoms with van der Waals surface area (Å²) in [6.07, 6.45) is 0.478. The molecule has 0 aliphatic heterocycles. The lowest BCUT2D eigenvalue weighted by molar-refractivity contribution is 0.354. The molecule has 1 heterocycles. The van der Waals surface area contributed by atoms with Crippen molar-refractivity contribution in [1.82, 2.24) is 4.98 Å². The van der Waals surface area contributed by atoms with Crippen LogP contribution in [0.4, 0.5) is 14.7 Å². The van der Waals surface area contributed by atoms with E-state index in [1.54, 1.807) is 19.2 Å². The number of sulfone groups is 1. The molecule has 0 unspecified atom stereocenters. The third-order valence-electron chi connectivity index (χ3n) is 5.23. The number of hydrogen-bond donors (Lipinski definition) is 1. The van der Waals surface area contributed by atoms with Crippen molar-refractivity contribution in [3.05, 3.63) is 83.9 Å². The maximum absolute atomic E-state index is 14.4. The Morgan fingerprint density at radius 3 is 2.34 bits per heavy atom. The summed E-state index contributed by atoms with van der Waals surface area (Å²) >= 11 is 0. The summed E-state index contributed by atoms with van der Waals surface area (Å²) in [5.41, 5.74) is 0.905. The molecule has 0 saturated carbocycles. The van der Waals surface area contributed by atoms with E-state index in [-0.39, 0.29) is 28.8 Å². The van der Waals surface area contributed by atoms with Gasteiger partial charge in [-0.05, 0) is 60.5 Å². The first-order valence-corrected chi connectivity index (χ1v) is 12.0. The Morgan fingerprint density at radius 2 is 1.66 bits per heavy atom. The molecule has 0 bridgehead atoms. The van der Waals surface area contributed by atoms with Gasteiger partial charge in [-0.2, -0.15) is 4.98 Å². The molecule has 3 aromatic carbocycles. The van der Waals surface area contributed by atoms with Gasteiger partial charge in [0.2, 0.25) is 26.6 Å². The van der Waals surface area contributed by atoms with Gasteiger partial charge >= 0.3 is 0 Å². The molecule has 0 spiro atoms. The molecule has 10 heteroatoms. The molecule has 0 amide bonds. The largest absolute Gasteiger partial charge is 0.493 e. The van der Waals surface area contributed by atoms with Gasteiger partial charge in [0.1, 0.15) is 11.6 Å². The molecule has 4 rings (SSSR count). The van der Waals surface area contributed by atoms with Gasteiger partial charge in [0, 0.05) is 6.54 Å². The summed E-state index contributed by atoms with van der Waals surface area (Å²) in [6, 6.07) is 15.5. The van der Waals surface area contributed by atoms with Gasteiger partial charge in [0.05, 0.1) is 24.7 Å². The van der Waals surface area contributed by atoms with Gasteiger partial charge in [-0.15, -0.1) is 0 Å². The number of hydrogen-bond acceptors (Lipinski definition) is 7. The zero-order chi connectivity index (χ0) is 25.0. The van der Waals surface area contributed by atoms with Crippen LogP contribution in [-0.2, 0) is 16.3 Å². The molecular formula is C25H22F2N2O5S. The highest BCUT2D eigenvalue weighted by Gasteiger charge is 2.29. The quantitative estimate of drug-likeness (QED) is 0.319. The average Bonchev–Trinajstić information content (AvgIpc) is 3.29. The fraction of sp³-hybridized carbons (Fsp3) is 0.160. The molecule has 7 nitrogen and oxygen atoms in total. The van der Waals surface area contributed by atoms with Crippen molar-refractivity contribution in [2.75, 3.05) is 26.1 Å². The monoisotopic (exact) mass is 500 g/mol. The van der Waals surface area contributed by atoms with Crippen LogP contribution in [-0.4, -0.2) is 34.2 Å². The van der Waals surface area contributed by atoms with E-state index in [9.17, 15) is 17.2 Å². The van der Waals surface area contributed by atoms with Crippen LogP contribution in [0.25, 0.3) is 11.5 Å². The van der Waals surface area contributed by atoms with Gasteiger partial charge < -0.3 is 19.2 Å². The molecule has 0 aliphatic carbocycles. The third-order valence-corrected chi connectivity index (χ3v) is 6.90. The van der Waals surface area contributed by atoms with Crippen LogP contribution in [0.15, 0.2) is 81.1 Å². The fourth-order valence-corrected chi connectivity index (χ4v) is 4.71. The first-order valence-electron chi connectivity index (χ1n) is 10.5. The Kier molecular flexibility index (Phi) is 7.02. The molecule has 0 saturated heterocycles. The van der Waals surface area contributed by atoms with Crippen LogP contribution in [0, 0.1) is 11.6 Å². The van der Waals surface area contributed by atoms with Gasteiger partial charge in [-0.3, -0.25) is 0 Å². The molecule has 0 radical (unpaired) electrons. The van der Waals surface area contributed by atoms with Crippen LogP contribution in [0.1, 0.15) is 5.56 Å². The van der Waals surface area contributed by atoms with Crippen LogP contribution in [0.3, 0.4) is 0 Å². The number of nitrogens with one attached hydrogen (secondary N) is 1. The van der Waals surface area contributed by atoms with Crippen molar-refractivity contribution in [3.63, 3.8) is 0 Å². The highest BCUT2D eigenvalue weighted by atomic mass is 32.2. The summed E-state index contributed by atoms with van der Waals surface area (Å²) in [5, 5.41) is 2.53. The number of ether oxygens (including phenoxy) is 2. The van der Waals surface area contributed by atoms with E-state index in [0.717, 1.165) is 29.8 Å². The Labute approximate surface area is 201 Å². The molecule has 0 fully saturated rings. The molecule has 0 aliphatic rings. The zero-order valence-electron chi connectivity index (χ0n) is 18.9. The van der Waals surface area contributed by atoms with Gasteiger partial charge in [-0.25, -0.2) is 17.2 Å². The van der Waals surface area contributed by atoms with E-state index < -0.39 is 26.5 Å². The van der Waals surface area contributed by atoms with Crippen molar-refractivity contribution >= 4 is 15.7 Å². The Hall–Kier alpha value is -3.92. The summed E-state index contributed by atoms with van der Waals surface area (Å²) in [5.74, 6) is -0.390. The minimum atomic E-state index is -4.19. The smallest absolute Gasteiger partial charge is 0.233 e. The van der Waals surface area contributed by atoms with Gasteiger partial charge in [0.25, 0.3) is 0 Å². The second kappa shape index (κ2) is 10.1. The minimum Gasteiger partial charge on any atom is -0.493 e. The average molecular weight is 501 g/mol. The first kappa shape index (κ1) is 24.2. The van der Waals surface area contributed by atoms with Crippen LogP contribution >= 0.6 is 0 Å². The second-order valence-electron chi connectivity index (χ2n) is 7.46. The van der Waals surface area contributed by atoms with Crippen molar-refractivity contribution in [2.45, 2.75) is 16.3 Å². The molecule has 35 heavy (non-hydrogen) atoms. The number of methoxy groups -OCH3 is 2. The zero-order valence-corrected chi connectivity index (χ0v) is 19.7. The summed E-state index contributed by atoms with van der Waals surface area (Å²) in [6.45, 7) is 0.271. The standard InChI is InChI=1S/C25H22F2N2O5S/c1-32-21-12-7-16(15-22(21)33-2)13-14-28-24-25(35(30,31)18-10-8-17(26)9-11-18)29-23(34-24)19-5-3-4-6-20(19)27/h3-12,15,28H,13-14H2,1-2H3. The summed E-state index contributed by atoms with van der Waals surface area (Å²) in [7, 11) is -1.12. The number of aromatic nitrogens is 1. The number of benzene rings is 3. The Morgan fingerprint density at radius 1 is 0.943 bits per heavy atom. The second-order valence-corrected chi connectivity index (χ2v) is 9.32. The lowest BCUT2D eigenvalue weighted by atomic mass is 10.1. The number of anilines is 1. The molecular weight excluding hydrogens is 478 g/mol. The lowest BCUT2D eigenvalue weighted by Crippen LogP contribution is -2.10. The van der Waals surface area contributed by atoms with Crippen LogP contribution in [0.5, 0.6) is 11.5 Å². The molecule has 1 N–H and O–H groups in total. The summed E-state index contributed by atoms with van der Waals surface area (Å²) < 4.78 is 70.5. The maximum Gasteiger partial charge on any atom is 0.233 e. The van der Waals surface area contributed by atoms with Gasteiger partial charge in [0.15, 0.2) is 11.5 Å². The van der Waals surface area contributed by atoms with E-state index in [4.69, 9.17) is 13.9 Å². The number of nitrogens with zero attached hydrogens (tertiary/aromatic N) is 1. The maximum atomic E-state index is 14.4. The number of halogens is 2. The van der Waals surface area contributed by atoms with E-state index in [1.807, 2.05) is 12.1 Å². The van der Waals surface area contributed by atoms with Crippen molar-refractivity contribution in [3.8, 4) is 23.0 Å². The summed E-state index contributed by atoms with van der Waals surface area (Å²) in [4.78, 5) is 3.93.